The summed E-state index contributed by atoms with van der Waals surface area (Å²) in [6.07, 6.45) is 0.750. The third-order valence-corrected chi connectivity index (χ3v) is 1.99. The number of carbonyl (C=O) groups is 1. The van der Waals surface area contributed by atoms with Crippen LogP contribution in [0.25, 0.3) is 0 Å². The summed E-state index contributed by atoms with van der Waals surface area (Å²) in [6.45, 7) is 0. The Morgan fingerprint density at radius 2 is 1.53 bits per heavy atom. The molecular formula is C9H9ClFN3O5. The van der Waals surface area contributed by atoms with Crippen molar-refractivity contribution in [2.45, 2.75) is 0 Å². The van der Waals surface area contributed by atoms with Crippen LogP contribution in [0.4, 0.5) is 15.8 Å². The Kier molecular flexibility index (Phi) is 6.34. The van der Waals surface area contributed by atoms with Gasteiger partial charge in [0, 0.05) is 14.1 Å². The molecule has 0 N–H and O–H groups in total. The molecule has 10 heteroatoms. The lowest BCUT2D eigenvalue weighted by Crippen LogP contribution is -2.06. The van der Waals surface area contributed by atoms with Gasteiger partial charge in [0.25, 0.3) is 11.4 Å². The summed E-state index contributed by atoms with van der Waals surface area (Å²) < 4.78 is 12.7. The van der Waals surface area contributed by atoms with Crippen molar-refractivity contribution in [2.75, 3.05) is 14.1 Å². The first kappa shape index (κ1) is 16.7. The maximum Gasteiger partial charge on any atom is 0.297 e. The van der Waals surface area contributed by atoms with Gasteiger partial charge in [0.15, 0.2) is 5.02 Å². The molecule has 0 radical (unpaired) electrons. The van der Waals surface area contributed by atoms with E-state index in [-0.39, 0.29) is 0 Å². The summed E-state index contributed by atoms with van der Waals surface area (Å²) in [6, 6.07) is 1.05. The van der Waals surface area contributed by atoms with E-state index >= 15 is 0 Å². The summed E-state index contributed by atoms with van der Waals surface area (Å²) in [5, 5.41) is 19.9. The number of rotatable bonds is 3. The smallest absolute Gasteiger partial charge is 0.297 e. The molecule has 0 spiro atoms. The molecule has 0 aromatic heterocycles. The molecule has 0 heterocycles. The normalized spacial score (nSPS) is 9.05. The summed E-state index contributed by atoms with van der Waals surface area (Å²) in [5.41, 5.74) is -1.64. The van der Waals surface area contributed by atoms with Crippen molar-refractivity contribution in [2.24, 2.45) is 0 Å². The number of carbonyl (C=O) groups excluding carboxylic acids is 1. The fourth-order valence-corrected chi connectivity index (χ4v) is 1.07. The molecule has 0 saturated heterocycles. The van der Waals surface area contributed by atoms with Gasteiger partial charge in [-0.2, -0.15) is 0 Å². The largest absolute Gasteiger partial charge is 0.351 e. The van der Waals surface area contributed by atoms with E-state index < -0.39 is 32.1 Å². The minimum absolute atomic E-state index is 0.523. The highest BCUT2D eigenvalue weighted by Crippen LogP contribution is 2.34. The van der Waals surface area contributed by atoms with Gasteiger partial charge in [0.1, 0.15) is 5.82 Å². The van der Waals surface area contributed by atoms with E-state index in [0.29, 0.717) is 12.1 Å². The molecular weight excluding hydrogens is 285 g/mol. The SMILES string of the molecule is CN(C)C=O.O=[N+]([O-])c1cc(F)cc([N+](=O)[O-])c1Cl. The third kappa shape index (κ3) is 5.25. The molecule has 19 heavy (non-hydrogen) atoms. The molecule has 104 valence electrons. The highest BCUT2D eigenvalue weighted by Gasteiger charge is 2.25. The average molecular weight is 294 g/mol. The molecule has 0 fully saturated rings. The Bertz CT molecular complexity index is 474. The maximum atomic E-state index is 12.7. The van der Waals surface area contributed by atoms with Gasteiger partial charge in [-0.15, -0.1) is 0 Å². The zero-order valence-corrected chi connectivity index (χ0v) is 10.6. The van der Waals surface area contributed by atoms with Crippen molar-refractivity contribution in [1.29, 1.82) is 0 Å². The molecule has 1 rings (SSSR count). The monoisotopic (exact) mass is 293 g/mol. The predicted molar refractivity (Wildman–Crippen MR) is 64.5 cm³/mol. The van der Waals surface area contributed by atoms with E-state index in [1.54, 1.807) is 14.1 Å². The number of hydrogen-bond acceptors (Lipinski definition) is 5. The van der Waals surface area contributed by atoms with Gasteiger partial charge < -0.3 is 4.90 Å². The number of amides is 1. The van der Waals surface area contributed by atoms with Gasteiger partial charge >= 0.3 is 0 Å². The van der Waals surface area contributed by atoms with Gasteiger partial charge in [-0.3, -0.25) is 25.0 Å². The summed E-state index contributed by atoms with van der Waals surface area (Å²) in [5.74, 6) is -1.08. The quantitative estimate of drug-likeness (QED) is 0.481. The van der Waals surface area contributed by atoms with Crippen LogP contribution in [0, 0.1) is 26.0 Å². The minimum Gasteiger partial charge on any atom is -0.351 e. The second-order valence-electron chi connectivity index (χ2n) is 3.34. The molecule has 0 atom stereocenters. The standard InChI is InChI=1S/C6H2ClFN2O4.C3H7NO/c7-6-4(9(11)12)1-3(8)2-5(6)10(13)14;1-4(2)3-5/h1-2H;3H,1-2H3. The van der Waals surface area contributed by atoms with Crippen LogP contribution in [0.15, 0.2) is 12.1 Å². The van der Waals surface area contributed by atoms with Gasteiger partial charge in [-0.05, 0) is 0 Å². The fourth-order valence-electron chi connectivity index (χ4n) is 0.827. The lowest BCUT2D eigenvalue weighted by Gasteiger charge is -1.96. The topological polar surface area (TPSA) is 107 Å². The molecule has 0 aliphatic heterocycles. The van der Waals surface area contributed by atoms with E-state index in [0.717, 1.165) is 6.41 Å². The summed E-state index contributed by atoms with van der Waals surface area (Å²) in [4.78, 5) is 29.5. The van der Waals surface area contributed by atoms with Gasteiger partial charge in [-0.25, -0.2) is 4.39 Å². The molecule has 8 nitrogen and oxygen atoms in total. The van der Waals surface area contributed by atoms with E-state index in [1.807, 2.05) is 0 Å². The average Bonchev–Trinajstić information content (AvgIpc) is 2.31. The Morgan fingerprint density at radius 3 is 1.74 bits per heavy atom. The second kappa shape index (κ2) is 7.21. The number of halogens is 2. The van der Waals surface area contributed by atoms with Crippen LogP contribution in [0.3, 0.4) is 0 Å². The van der Waals surface area contributed by atoms with Crippen LogP contribution >= 0.6 is 11.6 Å². The first-order valence-corrected chi connectivity index (χ1v) is 4.98. The Balaban J connectivity index is 0.000000555. The predicted octanol–water partition coefficient (Wildman–Crippen LogP) is 2.00. The molecule has 0 bridgehead atoms. The Hall–Kier alpha value is -2.29. The lowest BCUT2D eigenvalue weighted by atomic mass is 10.3. The van der Waals surface area contributed by atoms with Crippen LogP contribution in [0.2, 0.25) is 5.02 Å². The zero-order chi connectivity index (χ0) is 15.2. The Labute approximate surface area is 111 Å². The van der Waals surface area contributed by atoms with Gasteiger partial charge in [-0.1, -0.05) is 11.6 Å². The fraction of sp³-hybridized carbons (Fsp3) is 0.222. The van der Waals surface area contributed by atoms with E-state index in [2.05, 4.69) is 0 Å². The number of hydrogen-bond donors (Lipinski definition) is 0. The Morgan fingerprint density at radius 1 is 1.21 bits per heavy atom. The molecule has 0 unspecified atom stereocenters. The van der Waals surface area contributed by atoms with Crippen molar-refractivity contribution in [1.82, 2.24) is 4.90 Å². The van der Waals surface area contributed by atoms with Crippen LogP contribution in [-0.4, -0.2) is 35.3 Å². The van der Waals surface area contributed by atoms with Crippen molar-refractivity contribution in [3.63, 3.8) is 0 Å². The molecule has 0 aliphatic carbocycles. The van der Waals surface area contributed by atoms with Crippen LogP contribution in [0.1, 0.15) is 0 Å². The van der Waals surface area contributed by atoms with E-state index in [9.17, 15) is 29.4 Å². The van der Waals surface area contributed by atoms with Gasteiger partial charge in [0.2, 0.25) is 6.41 Å². The van der Waals surface area contributed by atoms with Crippen LogP contribution < -0.4 is 0 Å². The van der Waals surface area contributed by atoms with Crippen molar-refractivity contribution >= 4 is 29.4 Å². The number of nitrogens with zero attached hydrogens (tertiary/aromatic N) is 3. The van der Waals surface area contributed by atoms with Crippen molar-refractivity contribution in [3.05, 3.63) is 43.2 Å². The van der Waals surface area contributed by atoms with Crippen molar-refractivity contribution < 1.29 is 19.0 Å². The summed E-state index contributed by atoms with van der Waals surface area (Å²) in [7, 11) is 3.38. The molecule has 1 aromatic rings. The second-order valence-corrected chi connectivity index (χ2v) is 3.72. The number of nitro benzene ring substituents is 2. The zero-order valence-electron chi connectivity index (χ0n) is 9.87. The van der Waals surface area contributed by atoms with Gasteiger partial charge in [0.05, 0.1) is 22.0 Å². The van der Waals surface area contributed by atoms with Crippen molar-refractivity contribution in [3.8, 4) is 0 Å². The minimum atomic E-state index is -1.08. The van der Waals surface area contributed by atoms with E-state index in [4.69, 9.17) is 11.6 Å². The number of nitro groups is 2. The first-order valence-electron chi connectivity index (χ1n) is 4.60. The summed E-state index contributed by atoms with van der Waals surface area (Å²) >= 11 is 5.32. The third-order valence-electron chi connectivity index (χ3n) is 1.60. The molecule has 1 amide bonds. The highest BCUT2D eigenvalue weighted by atomic mass is 35.5. The highest BCUT2D eigenvalue weighted by molar-refractivity contribution is 6.34. The van der Waals surface area contributed by atoms with E-state index in [1.165, 1.54) is 4.90 Å². The maximum absolute atomic E-state index is 12.7. The van der Waals surface area contributed by atoms with Crippen LogP contribution in [-0.2, 0) is 4.79 Å². The lowest BCUT2D eigenvalue weighted by molar-refractivity contribution is -0.394. The van der Waals surface area contributed by atoms with Crippen LogP contribution in [0.5, 0.6) is 0 Å². The molecule has 1 aromatic carbocycles. The molecule has 0 aliphatic rings. The first-order chi connectivity index (χ1) is 8.70. The molecule has 0 saturated carbocycles. The number of benzene rings is 1.